The fourth-order valence-electron chi connectivity index (χ4n) is 1.79. The summed E-state index contributed by atoms with van der Waals surface area (Å²) >= 11 is 1.53. The molecule has 1 atom stereocenters. The van der Waals surface area contributed by atoms with Crippen LogP contribution >= 0.6 is 11.3 Å². The van der Waals surface area contributed by atoms with Gasteiger partial charge in [-0.2, -0.15) is 0 Å². The van der Waals surface area contributed by atoms with Gasteiger partial charge in [0.2, 0.25) is 0 Å². The van der Waals surface area contributed by atoms with Gasteiger partial charge in [-0.05, 0) is 32.0 Å². The molecule has 1 aromatic heterocycles. The maximum atomic E-state index is 12.1. The molecule has 0 saturated heterocycles. The van der Waals surface area contributed by atoms with E-state index in [1.54, 1.807) is 24.3 Å². The lowest BCUT2D eigenvalue weighted by molar-refractivity contribution is -0.155. The molecule has 0 fully saturated rings. The fraction of sp³-hybridized carbons (Fsp3) is 0.312. The van der Waals surface area contributed by atoms with E-state index < -0.39 is 24.0 Å². The summed E-state index contributed by atoms with van der Waals surface area (Å²) in [5.41, 5.74) is -0.903. The lowest BCUT2D eigenvalue weighted by atomic mass is 10.1. The predicted molar refractivity (Wildman–Crippen MR) is 88.2 cm³/mol. The second-order valence-electron chi connectivity index (χ2n) is 5.44. The van der Waals surface area contributed by atoms with E-state index in [1.165, 1.54) is 11.3 Å². The number of thiazole rings is 1. The number of nitrogens with one attached hydrogen (secondary N) is 1. The van der Waals surface area contributed by atoms with Crippen LogP contribution in [0.2, 0.25) is 0 Å². The van der Waals surface area contributed by atoms with Gasteiger partial charge in [0.25, 0.3) is 5.91 Å². The Bertz CT molecular complexity index is 742. The number of aromatic nitrogens is 1. The Morgan fingerprint density at radius 1 is 1.42 bits per heavy atom. The fourth-order valence-corrected chi connectivity index (χ4v) is 2.39. The quantitative estimate of drug-likeness (QED) is 0.700. The molecule has 0 aliphatic rings. The third-order valence-electron chi connectivity index (χ3n) is 3.20. The van der Waals surface area contributed by atoms with Crippen LogP contribution in [-0.2, 0) is 11.4 Å². The first-order valence-electron chi connectivity index (χ1n) is 7.16. The van der Waals surface area contributed by atoms with Crippen LogP contribution in [0, 0.1) is 6.92 Å². The summed E-state index contributed by atoms with van der Waals surface area (Å²) in [6, 6.07) is 6.49. The maximum absolute atomic E-state index is 12.1. The van der Waals surface area contributed by atoms with Crippen LogP contribution in [0.25, 0.3) is 0 Å². The molecule has 0 spiro atoms. The zero-order valence-electron chi connectivity index (χ0n) is 13.3. The molecule has 0 aliphatic heterocycles. The van der Waals surface area contributed by atoms with Gasteiger partial charge >= 0.3 is 5.97 Å². The highest BCUT2D eigenvalue weighted by molar-refractivity contribution is 7.09. The van der Waals surface area contributed by atoms with Crippen LogP contribution < -0.4 is 10.1 Å². The normalized spacial score (nSPS) is 13.1. The number of ether oxygens (including phenoxy) is 1. The molecule has 7 nitrogen and oxygen atoms in total. The standard InChI is InChI=1S/C16H18N2O5S/c1-10-18-12(8-24-10)7-23-13-5-3-4-11(6-13)14(19)17-9-16(2,22)15(20)21/h3-6,8,22H,7,9H2,1-2H3,(H,17,19)(H,20,21). The Labute approximate surface area is 142 Å². The number of carbonyl (C=O) groups is 2. The van der Waals surface area contributed by atoms with Crippen LogP contribution in [0.5, 0.6) is 5.75 Å². The molecular weight excluding hydrogens is 332 g/mol. The van der Waals surface area contributed by atoms with E-state index in [1.807, 2.05) is 12.3 Å². The number of hydrogen-bond acceptors (Lipinski definition) is 6. The van der Waals surface area contributed by atoms with E-state index in [0.717, 1.165) is 17.6 Å². The molecule has 1 unspecified atom stereocenters. The first-order chi connectivity index (χ1) is 11.3. The minimum Gasteiger partial charge on any atom is -0.487 e. The molecule has 128 valence electrons. The smallest absolute Gasteiger partial charge is 0.337 e. The molecule has 1 aromatic carbocycles. The Balaban J connectivity index is 1.96. The molecule has 0 aliphatic carbocycles. The summed E-state index contributed by atoms with van der Waals surface area (Å²) in [5.74, 6) is -1.40. The summed E-state index contributed by atoms with van der Waals surface area (Å²) < 4.78 is 5.60. The number of aliphatic hydroxyl groups is 1. The van der Waals surface area contributed by atoms with Crippen molar-refractivity contribution in [2.24, 2.45) is 0 Å². The van der Waals surface area contributed by atoms with Gasteiger partial charge in [0.15, 0.2) is 5.60 Å². The second-order valence-corrected chi connectivity index (χ2v) is 6.50. The van der Waals surface area contributed by atoms with Crippen molar-refractivity contribution in [2.75, 3.05) is 6.54 Å². The molecule has 0 saturated carbocycles. The summed E-state index contributed by atoms with van der Waals surface area (Å²) in [6.45, 7) is 2.92. The third kappa shape index (κ3) is 4.77. The van der Waals surface area contributed by atoms with Gasteiger partial charge in [0.1, 0.15) is 12.4 Å². The van der Waals surface area contributed by atoms with Crippen molar-refractivity contribution in [3.05, 3.63) is 45.9 Å². The molecule has 1 amide bonds. The van der Waals surface area contributed by atoms with Crippen molar-refractivity contribution in [3.8, 4) is 5.75 Å². The van der Waals surface area contributed by atoms with Crippen LogP contribution in [0.1, 0.15) is 28.0 Å². The lowest BCUT2D eigenvalue weighted by Crippen LogP contribution is -2.46. The van der Waals surface area contributed by atoms with Crippen molar-refractivity contribution < 1.29 is 24.5 Å². The molecule has 0 bridgehead atoms. The second kappa shape index (κ2) is 7.41. The number of rotatable bonds is 7. The lowest BCUT2D eigenvalue weighted by Gasteiger charge is -2.18. The monoisotopic (exact) mass is 350 g/mol. The molecule has 2 rings (SSSR count). The number of hydrogen-bond donors (Lipinski definition) is 3. The number of aliphatic carboxylic acids is 1. The van der Waals surface area contributed by atoms with E-state index in [2.05, 4.69) is 10.3 Å². The molecule has 0 radical (unpaired) electrons. The van der Waals surface area contributed by atoms with Crippen molar-refractivity contribution in [1.82, 2.24) is 10.3 Å². The van der Waals surface area contributed by atoms with Crippen molar-refractivity contribution >= 4 is 23.2 Å². The highest BCUT2D eigenvalue weighted by Crippen LogP contribution is 2.16. The van der Waals surface area contributed by atoms with Gasteiger partial charge in [0.05, 0.1) is 17.2 Å². The van der Waals surface area contributed by atoms with Crippen LogP contribution in [0.15, 0.2) is 29.6 Å². The Kier molecular flexibility index (Phi) is 5.53. The average molecular weight is 350 g/mol. The molecule has 24 heavy (non-hydrogen) atoms. The maximum Gasteiger partial charge on any atom is 0.337 e. The summed E-state index contributed by atoms with van der Waals surface area (Å²) in [6.07, 6.45) is 0. The molecule has 2 aromatic rings. The molecule has 1 heterocycles. The van der Waals surface area contributed by atoms with Gasteiger partial charge in [-0.1, -0.05) is 6.07 Å². The number of amides is 1. The SMILES string of the molecule is Cc1nc(COc2cccc(C(=O)NCC(C)(O)C(=O)O)c2)cs1. The van der Waals surface area contributed by atoms with Gasteiger partial charge in [-0.25, -0.2) is 9.78 Å². The van der Waals surface area contributed by atoms with E-state index in [4.69, 9.17) is 9.84 Å². The van der Waals surface area contributed by atoms with E-state index in [-0.39, 0.29) is 0 Å². The van der Waals surface area contributed by atoms with Gasteiger partial charge in [-0.15, -0.1) is 11.3 Å². The highest BCUT2D eigenvalue weighted by atomic mass is 32.1. The minimum atomic E-state index is -2.02. The number of carbonyl (C=O) groups excluding carboxylic acids is 1. The zero-order chi connectivity index (χ0) is 17.7. The van der Waals surface area contributed by atoms with Crippen molar-refractivity contribution in [1.29, 1.82) is 0 Å². The minimum absolute atomic E-state index is 0.295. The summed E-state index contributed by atoms with van der Waals surface area (Å²) in [4.78, 5) is 27.2. The Hall–Kier alpha value is -2.45. The van der Waals surface area contributed by atoms with Crippen LogP contribution in [0.4, 0.5) is 0 Å². The first-order valence-corrected chi connectivity index (χ1v) is 8.04. The van der Waals surface area contributed by atoms with Gasteiger partial charge < -0.3 is 20.3 Å². The summed E-state index contributed by atoms with van der Waals surface area (Å²) in [5, 5.41) is 23.7. The average Bonchev–Trinajstić information content (AvgIpc) is 2.96. The van der Waals surface area contributed by atoms with E-state index in [9.17, 15) is 14.7 Å². The number of carboxylic acids is 1. The zero-order valence-corrected chi connectivity index (χ0v) is 14.1. The van der Waals surface area contributed by atoms with Crippen LogP contribution in [0.3, 0.4) is 0 Å². The van der Waals surface area contributed by atoms with Crippen molar-refractivity contribution in [2.45, 2.75) is 26.1 Å². The molecule has 3 N–H and O–H groups in total. The summed E-state index contributed by atoms with van der Waals surface area (Å²) in [7, 11) is 0. The Morgan fingerprint density at radius 3 is 2.79 bits per heavy atom. The largest absolute Gasteiger partial charge is 0.487 e. The number of aryl methyl sites for hydroxylation is 1. The van der Waals surface area contributed by atoms with Gasteiger partial charge in [-0.3, -0.25) is 4.79 Å². The van der Waals surface area contributed by atoms with E-state index >= 15 is 0 Å². The van der Waals surface area contributed by atoms with Gasteiger partial charge in [0, 0.05) is 10.9 Å². The number of nitrogens with zero attached hydrogens (tertiary/aromatic N) is 1. The number of carboxylic acid groups (broad SMARTS) is 1. The third-order valence-corrected chi connectivity index (χ3v) is 4.03. The van der Waals surface area contributed by atoms with Crippen LogP contribution in [-0.4, -0.2) is 39.2 Å². The Morgan fingerprint density at radius 2 is 2.17 bits per heavy atom. The first kappa shape index (κ1) is 17.9. The topological polar surface area (TPSA) is 109 Å². The molecule has 8 heteroatoms. The number of benzene rings is 1. The highest BCUT2D eigenvalue weighted by Gasteiger charge is 2.30. The van der Waals surface area contributed by atoms with E-state index in [0.29, 0.717) is 17.9 Å². The van der Waals surface area contributed by atoms with Crippen molar-refractivity contribution in [3.63, 3.8) is 0 Å². The predicted octanol–water partition coefficient (Wildman–Crippen LogP) is 1.60. The molecular formula is C16H18N2O5S.